The van der Waals surface area contributed by atoms with Gasteiger partial charge in [0, 0.05) is 30.3 Å². The number of hydrogen-bond acceptors (Lipinski definition) is 3. The van der Waals surface area contributed by atoms with Crippen molar-refractivity contribution in [1.82, 2.24) is 10.3 Å². The lowest BCUT2D eigenvalue weighted by Crippen LogP contribution is -2.57. The molecule has 6 heteroatoms. The average Bonchev–Trinajstić information content (AvgIpc) is 3.00. The van der Waals surface area contributed by atoms with Crippen LogP contribution in [0.25, 0.3) is 0 Å². The number of carbonyl (C=O) groups excluding carboxylic acids is 1. The van der Waals surface area contributed by atoms with E-state index in [4.69, 9.17) is 6.42 Å². The summed E-state index contributed by atoms with van der Waals surface area (Å²) in [6.45, 7) is 5.89. The van der Waals surface area contributed by atoms with Crippen molar-refractivity contribution < 1.29 is 9.66 Å². The molecule has 0 bridgehead atoms. The molecule has 2 saturated heterocycles. The normalized spacial score (nSPS) is 22.7. The minimum atomic E-state index is -0.192. The lowest BCUT2D eigenvalue weighted by molar-refractivity contribution is -0.692. The molecule has 1 aromatic carbocycles. The van der Waals surface area contributed by atoms with Crippen LogP contribution in [-0.2, 0) is 4.79 Å². The Morgan fingerprint density at radius 1 is 1.42 bits per heavy atom. The van der Waals surface area contributed by atoms with Crippen LogP contribution >= 0.6 is 0 Å². The van der Waals surface area contributed by atoms with Crippen LogP contribution in [-0.4, -0.2) is 48.1 Å². The second-order valence-corrected chi connectivity index (χ2v) is 6.13. The van der Waals surface area contributed by atoms with Crippen LogP contribution in [0.1, 0.15) is 12.0 Å². The Kier molecular flexibility index (Phi) is 4.52. The van der Waals surface area contributed by atoms with Gasteiger partial charge in [-0.25, -0.2) is 0 Å². The number of nitrogens with zero attached hydrogens (tertiary/aromatic N) is 3. The van der Waals surface area contributed by atoms with Crippen LogP contribution in [0, 0.1) is 23.2 Å². The fraction of sp³-hybridized carbons (Fsp3) is 0.389. The monoisotopic (exact) mass is 325 g/mol. The molecule has 24 heavy (non-hydrogen) atoms. The third-order valence-corrected chi connectivity index (χ3v) is 4.59. The minimum absolute atomic E-state index is 0.0607. The number of fused-ring (bicyclic) bond motifs is 1. The smallest absolute Gasteiger partial charge is 0.243 e. The highest BCUT2D eigenvalue weighted by atomic mass is 16.3. The van der Waals surface area contributed by atoms with E-state index < -0.39 is 0 Å². The first-order valence-electron chi connectivity index (χ1n) is 8.07. The zero-order valence-corrected chi connectivity index (χ0v) is 13.5. The fourth-order valence-corrected chi connectivity index (χ4v) is 3.38. The first-order chi connectivity index (χ1) is 11.6. The summed E-state index contributed by atoms with van der Waals surface area (Å²) < 4.78 is 0. The number of terminal acetylenes is 1. The fourth-order valence-electron chi connectivity index (χ4n) is 3.38. The predicted molar refractivity (Wildman–Crippen MR) is 92.0 cm³/mol. The summed E-state index contributed by atoms with van der Waals surface area (Å²) in [6, 6.07) is 7.80. The van der Waals surface area contributed by atoms with Gasteiger partial charge < -0.3 is 10.2 Å². The molecule has 2 aliphatic rings. The Bertz CT molecular complexity index is 692. The molecule has 0 aromatic heterocycles. The van der Waals surface area contributed by atoms with E-state index in [-0.39, 0.29) is 18.0 Å². The van der Waals surface area contributed by atoms with Gasteiger partial charge in [0.2, 0.25) is 12.5 Å². The highest BCUT2D eigenvalue weighted by Gasteiger charge is 2.47. The van der Waals surface area contributed by atoms with E-state index >= 15 is 0 Å². The standard InChI is InChI=1S/C18H20N4O2/c1-3-14-5-7-16(8-6-14)20-12-15(11-19-17(23)4-2)13-21-18(20)9-10-22(21)24/h1,4-8,15,18H,2,9-13H2/p+1. The molecule has 1 amide bonds. The van der Waals surface area contributed by atoms with Crippen molar-refractivity contribution in [3.8, 4) is 12.3 Å². The van der Waals surface area contributed by atoms with E-state index in [0.717, 1.165) is 29.1 Å². The number of nitroso groups, excluding NO2 is 1. The second kappa shape index (κ2) is 6.75. The summed E-state index contributed by atoms with van der Waals surface area (Å²) >= 11 is 0. The van der Waals surface area contributed by atoms with Crippen LogP contribution < -0.4 is 10.2 Å². The maximum absolute atomic E-state index is 12.1. The number of hydrazine groups is 1. The molecule has 0 saturated carbocycles. The van der Waals surface area contributed by atoms with E-state index in [2.05, 4.69) is 22.7 Å². The molecular formula is C18H21N4O2+. The Morgan fingerprint density at radius 3 is 2.83 bits per heavy atom. The average molecular weight is 325 g/mol. The quantitative estimate of drug-likeness (QED) is 0.512. The summed E-state index contributed by atoms with van der Waals surface area (Å²) in [7, 11) is 0. The van der Waals surface area contributed by atoms with Crippen LogP contribution in [0.5, 0.6) is 0 Å². The van der Waals surface area contributed by atoms with Crippen molar-refractivity contribution in [1.29, 1.82) is 0 Å². The third-order valence-electron chi connectivity index (χ3n) is 4.59. The zero-order valence-electron chi connectivity index (χ0n) is 13.5. The Balaban J connectivity index is 1.79. The highest BCUT2D eigenvalue weighted by Crippen LogP contribution is 2.30. The molecule has 2 atom stereocenters. The molecule has 2 fully saturated rings. The lowest BCUT2D eigenvalue weighted by Gasteiger charge is -2.40. The number of amides is 1. The Labute approximate surface area is 141 Å². The van der Waals surface area contributed by atoms with Gasteiger partial charge >= 0.3 is 0 Å². The lowest BCUT2D eigenvalue weighted by atomic mass is 10.0. The van der Waals surface area contributed by atoms with Gasteiger partial charge in [-0.3, -0.25) is 4.79 Å². The summed E-state index contributed by atoms with van der Waals surface area (Å²) in [5, 5.41) is 4.68. The van der Waals surface area contributed by atoms with Crippen molar-refractivity contribution in [2.75, 3.05) is 31.1 Å². The van der Waals surface area contributed by atoms with Gasteiger partial charge in [-0.2, -0.15) is 0 Å². The maximum Gasteiger partial charge on any atom is 0.243 e. The largest absolute Gasteiger partial charge is 0.352 e. The molecule has 2 aliphatic heterocycles. The van der Waals surface area contributed by atoms with Crippen LogP contribution in [0.3, 0.4) is 0 Å². The third kappa shape index (κ3) is 3.11. The SMILES string of the molecule is C#Cc1ccc(N2CC(CNC(=O)C=C)CN3C2CC[N+]3=O)cc1. The first-order valence-corrected chi connectivity index (χ1v) is 8.07. The van der Waals surface area contributed by atoms with E-state index in [1.807, 2.05) is 29.3 Å². The summed E-state index contributed by atoms with van der Waals surface area (Å²) in [4.78, 5) is 26.8. The van der Waals surface area contributed by atoms with Gasteiger partial charge in [0.25, 0.3) is 0 Å². The molecule has 1 N–H and O–H groups in total. The van der Waals surface area contributed by atoms with E-state index in [1.165, 1.54) is 6.08 Å². The highest BCUT2D eigenvalue weighted by molar-refractivity contribution is 5.86. The maximum atomic E-state index is 12.1. The molecular weight excluding hydrogens is 304 g/mol. The minimum Gasteiger partial charge on any atom is -0.352 e. The Morgan fingerprint density at radius 2 is 2.17 bits per heavy atom. The first kappa shape index (κ1) is 16.1. The number of carbonyl (C=O) groups is 1. The molecule has 6 nitrogen and oxygen atoms in total. The van der Waals surface area contributed by atoms with Gasteiger partial charge in [-0.15, -0.1) is 11.4 Å². The summed E-state index contributed by atoms with van der Waals surface area (Å²) in [5.41, 5.74) is 1.87. The molecule has 124 valence electrons. The van der Waals surface area contributed by atoms with Gasteiger partial charge in [0.15, 0.2) is 6.17 Å². The topological polar surface area (TPSA) is 55.7 Å². The molecule has 0 spiro atoms. The van der Waals surface area contributed by atoms with Crippen LogP contribution in [0.4, 0.5) is 5.69 Å². The van der Waals surface area contributed by atoms with E-state index in [0.29, 0.717) is 19.6 Å². The van der Waals surface area contributed by atoms with Crippen molar-refractivity contribution in [2.45, 2.75) is 12.6 Å². The van der Waals surface area contributed by atoms with Gasteiger partial charge in [-0.1, -0.05) is 12.5 Å². The molecule has 2 unspecified atom stereocenters. The number of anilines is 1. The number of benzene rings is 1. The van der Waals surface area contributed by atoms with Gasteiger partial charge in [0.05, 0.1) is 17.9 Å². The molecule has 0 aliphatic carbocycles. The summed E-state index contributed by atoms with van der Waals surface area (Å²) in [6.07, 6.45) is 7.54. The van der Waals surface area contributed by atoms with Crippen molar-refractivity contribution in [3.05, 3.63) is 47.4 Å². The van der Waals surface area contributed by atoms with Crippen molar-refractivity contribution in [2.24, 2.45) is 5.92 Å². The number of nitrogens with one attached hydrogen (secondary N) is 1. The molecule has 3 rings (SSSR count). The van der Waals surface area contributed by atoms with E-state index in [9.17, 15) is 9.70 Å². The van der Waals surface area contributed by atoms with Crippen molar-refractivity contribution >= 4 is 11.6 Å². The van der Waals surface area contributed by atoms with Crippen LogP contribution in [0.15, 0.2) is 36.9 Å². The van der Waals surface area contributed by atoms with E-state index in [1.54, 1.807) is 0 Å². The van der Waals surface area contributed by atoms with Crippen LogP contribution in [0.2, 0.25) is 0 Å². The number of rotatable bonds is 4. The number of hydrogen-bond donors (Lipinski definition) is 1. The molecule has 1 aromatic rings. The molecule has 0 radical (unpaired) electrons. The molecule has 2 heterocycles. The van der Waals surface area contributed by atoms with Gasteiger partial charge in [0.1, 0.15) is 4.87 Å². The summed E-state index contributed by atoms with van der Waals surface area (Å²) in [5.74, 6) is 2.58. The predicted octanol–water partition coefficient (Wildman–Crippen LogP) is 1.13. The second-order valence-electron chi connectivity index (χ2n) is 6.13. The van der Waals surface area contributed by atoms with Gasteiger partial charge in [-0.05, 0) is 30.3 Å². The zero-order chi connectivity index (χ0) is 17.1. The Hall–Kier alpha value is -2.81. The van der Waals surface area contributed by atoms with Crippen molar-refractivity contribution in [3.63, 3.8) is 0 Å².